The number of unbranched alkanes of at least 4 members (excludes halogenated alkanes) is 3. The highest BCUT2D eigenvalue weighted by Crippen LogP contribution is 2.60. The summed E-state index contributed by atoms with van der Waals surface area (Å²) in [5.74, 6) is -1.09. The summed E-state index contributed by atoms with van der Waals surface area (Å²) in [6.07, 6.45) is 14.9. The van der Waals surface area contributed by atoms with E-state index in [4.69, 9.17) is 5.11 Å². The Balaban J connectivity index is 0.000000511. The molecule has 0 unspecified atom stereocenters. The molecule has 1 rings (SSSR count). The fourth-order valence-corrected chi connectivity index (χ4v) is 7.60. The molecular weight excluding hydrogens is 361 g/mol. The Morgan fingerprint density at radius 3 is 1.59 bits per heavy atom. The molecule has 0 saturated carbocycles. The fourth-order valence-electron chi connectivity index (χ4n) is 3.02. The van der Waals surface area contributed by atoms with Crippen molar-refractivity contribution in [2.45, 2.75) is 66.2 Å². The van der Waals surface area contributed by atoms with E-state index in [9.17, 15) is 14.9 Å². The zero-order valence-electron chi connectivity index (χ0n) is 17.4. The van der Waals surface area contributed by atoms with Crippen LogP contribution in [0.25, 0.3) is 0 Å². The zero-order chi connectivity index (χ0) is 20.7. The van der Waals surface area contributed by atoms with Crippen LogP contribution < -0.4 is 0 Å². The van der Waals surface area contributed by atoms with E-state index in [2.05, 4.69) is 27.7 Å². The van der Waals surface area contributed by atoms with Gasteiger partial charge in [0.05, 0.1) is 35.1 Å². The summed E-state index contributed by atoms with van der Waals surface area (Å²) in [7, 11) is -0.527. The van der Waals surface area contributed by atoms with E-state index in [-0.39, 0.29) is 11.3 Å². The number of carboxylic acid groups (broad SMARTS) is 1. The van der Waals surface area contributed by atoms with Gasteiger partial charge < -0.3 is 5.11 Å². The number of hydrogen-bond acceptors (Lipinski definition) is 3. The third-order valence-electron chi connectivity index (χ3n) is 4.95. The number of nitro groups is 1. The van der Waals surface area contributed by atoms with Crippen molar-refractivity contribution in [3.05, 3.63) is 39.9 Å². The van der Waals surface area contributed by atoms with Crippen LogP contribution in [0.1, 0.15) is 76.6 Å². The lowest BCUT2D eigenvalue weighted by Crippen LogP contribution is -2.11. The van der Waals surface area contributed by atoms with E-state index in [1.807, 2.05) is 0 Å². The van der Waals surface area contributed by atoms with Crippen LogP contribution in [0.3, 0.4) is 0 Å². The third-order valence-corrected chi connectivity index (χ3v) is 10.1. The number of nitrogens with zero attached hydrogens (tertiary/aromatic N) is 1. The van der Waals surface area contributed by atoms with Gasteiger partial charge in [0.2, 0.25) is 0 Å². The summed E-state index contributed by atoms with van der Waals surface area (Å²) in [6.45, 7) is 9.46. The van der Waals surface area contributed by atoms with Crippen molar-refractivity contribution < 1.29 is 14.8 Å². The second-order valence-corrected chi connectivity index (χ2v) is 11.7. The molecule has 1 aromatic carbocycles. The molecular formula is C21H37NO4P+. The van der Waals surface area contributed by atoms with Gasteiger partial charge in [0.25, 0.3) is 5.69 Å². The SMILES string of the molecule is CCCC[P+](CC)(CCCC)CCCC.O=C(O)c1ccc([N+](=O)[O-])cc1. The van der Waals surface area contributed by atoms with E-state index in [0.717, 1.165) is 12.1 Å². The quantitative estimate of drug-likeness (QED) is 0.241. The smallest absolute Gasteiger partial charge is 0.335 e. The van der Waals surface area contributed by atoms with Crippen molar-refractivity contribution in [1.29, 1.82) is 0 Å². The van der Waals surface area contributed by atoms with Crippen LogP contribution in [0.4, 0.5) is 5.69 Å². The highest BCUT2D eigenvalue weighted by Gasteiger charge is 2.32. The maximum atomic E-state index is 10.3. The standard InChI is InChI=1S/C14H32P.C7H5NO4/c1-5-9-12-15(8-4,13-10-6-2)14-11-7-3;9-7(10)5-1-3-6(4-2-5)8(11)12/h5-14H2,1-4H3;1-4H,(H,9,10)/q+1;. The molecule has 0 atom stereocenters. The summed E-state index contributed by atoms with van der Waals surface area (Å²) >= 11 is 0. The summed E-state index contributed by atoms with van der Waals surface area (Å²) in [4.78, 5) is 19.9. The summed E-state index contributed by atoms with van der Waals surface area (Å²) < 4.78 is 0. The molecule has 0 fully saturated rings. The van der Waals surface area contributed by atoms with E-state index >= 15 is 0 Å². The highest BCUT2D eigenvalue weighted by atomic mass is 31.2. The van der Waals surface area contributed by atoms with E-state index in [1.54, 1.807) is 18.5 Å². The Bertz CT molecular complexity index is 491. The lowest BCUT2D eigenvalue weighted by atomic mass is 10.2. The Morgan fingerprint density at radius 1 is 0.926 bits per heavy atom. The number of carbonyl (C=O) groups is 1. The van der Waals surface area contributed by atoms with Crippen molar-refractivity contribution in [1.82, 2.24) is 0 Å². The first-order valence-corrected chi connectivity index (χ1v) is 12.7. The number of carboxylic acids is 1. The lowest BCUT2D eigenvalue weighted by Gasteiger charge is -2.26. The molecule has 0 amide bonds. The van der Waals surface area contributed by atoms with Crippen LogP contribution in [0.5, 0.6) is 0 Å². The first kappa shape index (κ1) is 25.5. The second kappa shape index (κ2) is 14.6. The minimum absolute atomic E-state index is 0.0422. The van der Waals surface area contributed by atoms with Gasteiger partial charge >= 0.3 is 5.97 Å². The van der Waals surface area contributed by atoms with Crippen LogP contribution in [0.15, 0.2) is 24.3 Å². The molecule has 154 valence electrons. The summed E-state index contributed by atoms with van der Waals surface area (Å²) in [5.41, 5.74) is -0.0689. The van der Waals surface area contributed by atoms with Gasteiger partial charge in [-0.2, -0.15) is 0 Å². The molecule has 1 N–H and O–H groups in total. The van der Waals surface area contributed by atoms with Gasteiger partial charge in [-0.1, -0.05) is 40.0 Å². The molecule has 0 saturated heterocycles. The van der Waals surface area contributed by atoms with E-state index < -0.39 is 18.2 Å². The molecule has 0 aliphatic carbocycles. The number of nitro benzene ring substituents is 1. The molecule has 6 heteroatoms. The first-order chi connectivity index (χ1) is 12.9. The van der Waals surface area contributed by atoms with Crippen LogP contribution >= 0.6 is 7.26 Å². The van der Waals surface area contributed by atoms with Gasteiger partial charge in [0.1, 0.15) is 0 Å². The normalized spacial score (nSPS) is 10.8. The van der Waals surface area contributed by atoms with E-state index in [1.165, 1.54) is 56.8 Å². The van der Waals surface area contributed by atoms with E-state index in [0.29, 0.717) is 0 Å². The largest absolute Gasteiger partial charge is 0.478 e. The van der Waals surface area contributed by atoms with Crippen LogP contribution in [-0.2, 0) is 0 Å². The summed E-state index contributed by atoms with van der Waals surface area (Å²) in [5, 5.41) is 18.6. The van der Waals surface area contributed by atoms with Crippen LogP contribution in [-0.4, -0.2) is 40.6 Å². The van der Waals surface area contributed by atoms with Gasteiger partial charge in [-0.3, -0.25) is 10.1 Å². The number of benzene rings is 1. The Morgan fingerprint density at radius 2 is 1.33 bits per heavy atom. The van der Waals surface area contributed by atoms with Gasteiger partial charge in [0, 0.05) is 19.4 Å². The Kier molecular flexibility index (Phi) is 13.8. The van der Waals surface area contributed by atoms with Gasteiger partial charge in [-0.15, -0.1) is 0 Å². The molecule has 27 heavy (non-hydrogen) atoms. The summed E-state index contributed by atoms with van der Waals surface area (Å²) in [6, 6.07) is 4.70. The van der Waals surface area contributed by atoms with Crippen LogP contribution in [0, 0.1) is 10.1 Å². The molecule has 1 aromatic rings. The molecule has 0 aliphatic rings. The monoisotopic (exact) mass is 398 g/mol. The second-order valence-electron chi connectivity index (χ2n) is 7.00. The van der Waals surface area contributed by atoms with Gasteiger partial charge in [0.15, 0.2) is 0 Å². The van der Waals surface area contributed by atoms with Crippen molar-refractivity contribution >= 4 is 18.9 Å². The lowest BCUT2D eigenvalue weighted by molar-refractivity contribution is -0.384. The maximum Gasteiger partial charge on any atom is 0.335 e. The van der Waals surface area contributed by atoms with Crippen LogP contribution in [0.2, 0.25) is 0 Å². The molecule has 0 spiro atoms. The molecule has 0 aromatic heterocycles. The average Bonchev–Trinajstić information content (AvgIpc) is 2.68. The highest BCUT2D eigenvalue weighted by molar-refractivity contribution is 7.75. The zero-order valence-corrected chi connectivity index (χ0v) is 18.3. The predicted octanol–water partition coefficient (Wildman–Crippen LogP) is 6.72. The van der Waals surface area contributed by atoms with Crippen molar-refractivity contribution in [2.75, 3.05) is 24.6 Å². The topological polar surface area (TPSA) is 80.4 Å². The molecule has 5 nitrogen and oxygen atoms in total. The minimum Gasteiger partial charge on any atom is -0.478 e. The molecule has 0 bridgehead atoms. The number of hydrogen-bond donors (Lipinski definition) is 1. The van der Waals surface area contributed by atoms with Gasteiger partial charge in [-0.05, 0) is 38.3 Å². The molecule has 0 radical (unpaired) electrons. The maximum absolute atomic E-state index is 10.3. The average molecular weight is 399 g/mol. The predicted molar refractivity (Wildman–Crippen MR) is 117 cm³/mol. The number of non-ortho nitro benzene ring substituents is 1. The Labute approximate surface area is 165 Å². The van der Waals surface area contributed by atoms with Crippen molar-refractivity contribution in [3.8, 4) is 0 Å². The molecule has 0 aliphatic heterocycles. The number of aromatic carboxylic acids is 1. The van der Waals surface area contributed by atoms with Gasteiger partial charge in [-0.25, -0.2) is 4.79 Å². The van der Waals surface area contributed by atoms with Crippen molar-refractivity contribution in [2.24, 2.45) is 0 Å². The number of rotatable bonds is 12. The molecule has 0 heterocycles. The fraction of sp³-hybridized carbons (Fsp3) is 0.667. The minimum atomic E-state index is -1.09. The third kappa shape index (κ3) is 10.4. The Hall–Kier alpha value is -1.48. The first-order valence-electron chi connectivity index (χ1n) is 10.2. The van der Waals surface area contributed by atoms with Crippen molar-refractivity contribution in [3.63, 3.8) is 0 Å².